The number of rotatable bonds is 10. The molecule has 1 aromatic rings. The number of aliphatic hydroxyl groups is 2. The summed E-state index contributed by atoms with van der Waals surface area (Å²) >= 11 is 0. The number of nitrogens with zero attached hydrogens (tertiary/aromatic N) is 1. The zero-order valence-electron chi connectivity index (χ0n) is 13.8. The maximum Gasteiger partial charge on any atom is 0.120 e. The molecule has 0 fully saturated rings. The molecule has 0 unspecified atom stereocenters. The summed E-state index contributed by atoms with van der Waals surface area (Å²) in [6.07, 6.45) is 2.10. The Labute approximate surface area is 141 Å². The van der Waals surface area contributed by atoms with Crippen LogP contribution in [0.1, 0.15) is 25.0 Å². The molecule has 0 atom stereocenters. The van der Waals surface area contributed by atoms with Gasteiger partial charge in [0, 0.05) is 17.8 Å². The standard InChI is InChI=1S/C16H27NO3S2/c1-16(2,22-21-4)12-17(3)5-6-20-15-8-13(10-18)7-14(9-15)11-19/h7-9,18-19H,5-6,10-12H2,1-4H3. The van der Waals surface area contributed by atoms with Crippen molar-refractivity contribution < 1.29 is 14.9 Å². The molecule has 6 heteroatoms. The van der Waals surface area contributed by atoms with Crippen LogP contribution in [0.4, 0.5) is 0 Å². The van der Waals surface area contributed by atoms with Crippen molar-refractivity contribution in [3.8, 4) is 5.75 Å². The van der Waals surface area contributed by atoms with E-state index >= 15 is 0 Å². The van der Waals surface area contributed by atoms with E-state index in [4.69, 9.17) is 4.74 Å². The van der Waals surface area contributed by atoms with Crippen molar-refractivity contribution in [2.75, 3.05) is 33.0 Å². The van der Waals surface area contributed by atoms with Crippen LogP contribution in [0.3, 0.4) is 0 Å². The minimum absolute atomic E-state index is 0.0514. The van der Waals surface area contributed by atoms with Crippen molar-refractivity contribution >= 4 is 21.6 Å². The molecule has 0 aromatic heterocycles. The fourth-order valence-electron chi connectivity index (χ4n) is 2.29. The summed E-state index contributed by atoms with van der Waals surface area (Å²) in [6, 6.07) is 5.40. The van der Waals surface area contributed by atoms with Gasteiger partial charge < -0.3 is 19.8 Å². The maximum absolute atomic E-state index is 9.22. The number of hydrogen-bond acceptors (Lipinski definition) is 6. The van der Waals surface area contributed by atoms with Gasteiger partial charge in [-0.25, -0.2) is 0 Å². The second-order valence-corrected chi connectivity index (χ2v) is 9.00. The predicted molar refractivity (Wildman–Crippen MR) is 96.5 cm³/mol. The summed E-state index contributed by atoms with van der Waals surface area (Å²) in [6.45, 7) is 6.77. The van der Waals surface area contributed by atoms with Gasteiger partial charge >= 0.3 is 0 Å². The van der Waals surface area contributed by atoms with Crippen LogP contribution < -0.4 is 4.74 Å². The molecule has 1 rings (SSSR count). The molecule has 0 radical (unpaired) electrons. The molecule has 0 bridgehead atoms. The van der Waals surface area contributed by atoms with E-state index in [1.807, 2.05) is 22.9 Å². The van der Waals surface area contributed by atoms with Gasteiger partial charge in [-0.3, -0.25) is 0 Å². The molecule has 0 amide bonds. The molecule has 0 aliphatic carbocycles. The first-order valence-electron chi connectivity index (χ1n) is 7.28. The maximum atomic E-state index is 9.22. The average Bonchev–Trinajstić information content (AvgIpc) is 2.46. The summed E-state index contributed by atoms with van der Waals surface area (Å²) < 4.78 is 5.96. The van der Waals surface area contributed by atoms with Crippen LogP contribution in [0.5, 0.6) is 5.75 Å². The van der Waals surface area contributed by atoms with Crippen molar-refractivity contribution in [2.24, 2.45) is 0 Å². The minimum Gasteiger partial charge on any atom is -0.492 e. The van der Waals surface area contributed by atoms with E-state index < -0.39 is 0 Å². The van der Waals surface area contributed by atoms with Crippen LogP contribution in [-0.4, -0.2) is 52.9 Å². The van der Waals surface area contributed by atoms with Crippen molar-refractivity contribution in [3.63, 3.8) is 0 Å². The highest BCUT2D eigenvalue weighted by Crippen LogP contribution is 2.33. The summed E-state index contributed by atoms with van der Waals surface area (Å²) in [5.41, 5.74) is 1.51. The third-order valence-electron chi connectivity index (χ3n) is 3.09. The normalized spacial score (nSPS) is 12.0. The van der Waals surface area contributed by atoms with Crippen LogP contribution in [-0.2, 0) is 13.2 Å². The Hall–Kier alpha value is -0.400. The molecule has 2 N–H and O–H groups in total. The van der Waals surface area contributed by atoms with E-state index in [0.717, 1.165) is 24.2 Å². The Morgan fingerprint density at radius 2 is 1.73 bits per heavy atom. The Kier molecular flexibility index (Phi) is 8.64. The first-order valence-corrected chi connectivity index (χ1v) is 9.83. The molecule has 4 nitrogen and oxygen atoms in total. The average molecular weight is 346 g/mol. The summed E-state index contributed by atoms with van der Waals surface area (Å²) in [7, 11) is 5.76. The first-order chi connectivity index (χ1) is 10.4. The van der Waals surface area contributed by atoms with Gasteiger partial charge in [-0.15, -0.1) is 0 Å². The highest BCUT2D eigenvalue weighted by Gasteiger charge is 2.20. The predicted octanol–water partition coefficient (Wildman–Crippen LogP) is 2.77. The van der Waals surface area contributed by atoms with E-state index in [9.17, 15) is 10.2 Å². The van der Waals surface area contributed by atoms with Crippen molar-refractivity contribution in [3.05, 3.63) is 29.3 Å². The molecule has 0 aliphatic heterocycles. The zero-order chi connectivity index (χ0) is 16.6. The Balaban J connectivity index is 2.46. The summed E-state index contributed by atoms with van der Waals surface area (Å²) in [5.74, 6) is 0.696. The number of benzene rings is 1. The lowest BCUT2D eigenvalue weighted by atomic mass is 10.1. The smallest absolute Gasteiger partial charge is 0.120 e. The van der Waals surface area contributed by atoms with Crippen molar-refractivity contribution in [1.82, 2.24) is 4.90 Å². The fourth-order valence-corrected chi connectivity index (χ4v) is 4.53. The highest BCUT2D eigenvalue weighted by atomic mass is 33.1. The van der Waals surface area contributed by atoms with Gasteiger partial charge in [0.15, 0.2) is 0 Å². The molecule has 0 heterocycles. The lowest BCUT2D eigenvalue weighted by molar-refractivity contribution is 0.227. The number of aliphatic hydroxyl groups excluding tert-OH is 2. The first kappa shape index (κ1) is 19.6. The molecule has 0 aliphatic rings. The molecule has 1 aromatic carbocycles. The quantitative estimate of drug-likeness (QED) is 0.636. The second kappa shape index (κ2) is 9.67. The Bertz CT molecular complexity index is 433. The second-order valence-electron chi connectivity index (χ2n) is 5.90. The molecule has 0 saturated heterocycles. The summed E-state index contributed by atoms with van der Waals surface area (Å²) in [4.78, 5) is 2.26. The van der Waals surface area contributed by atoms with E-state index in [0.29, 0.717) is 12.4 Å². The van der Waals surface area contributed by atoms with E-state index in [-0.39, 0.29) is 18.0 Å². The monoisotopic (exact) mass is 345 g/mol. The fraction of sp³-hybridized carbons (Fsp3) is 0.625. The van der Waals surface area contributed by atoms with Crippen molar-refractivity contribution in [2.45, 2.75) is 31.8 Å². The van der Waals surface area contributed by atoms with Gasteiger partial charge in [-0.1, -0.05) is 27.7 Å². The highest BCUT2D eigenvalue weighted by molar-refractivity contribution is 8.76. The number of hydrogen-bond donors (Lipinski definition) is 2. The molecule has 22 heavy (non-hydrogen) atoms. The van der Waals surface area contributed by atoms with Crippen LogP contribution in [0, 0.1) is 0 Å². The van der Waals surface area contributed by atoms with Crippen LogP contribution in [0.2, 0.25) is 0 Å². The molecule has 0 spiro atoms. The van der Waals surface area contributed by atoms with Gasteiger partial charge in [0.1, 0.15) is 12.4 Å². The van der Waals surface area contributed by atoms with Crippen LogP contribution in [0.25, 0.3) is 0 Å². The molecular formula is C16H27NO3S2. The van der Waals surface area contributed by atoms with Gasteiger partial charge in [0.25, 0.3) is 0 Å². The third kappa shape index (κ3) is 7.24. The van der Waals surface area contributed by atoms with Crippen LogP contribution in [0.15, 0.2) is 18.2 Å². The van der Waals surface area contributed by atoms with E-state index in [1.165, 1.54) is 0 Å². The van der Waals surface area contributed by atoms with Gasteiger partial charge in [-0.2, -0.15) is 0 Å². The number of ether oxygens (including phenoxy) is 1. The molecular weight excluding hydrogens is 318 g/mol. The summed E-state index contributed by atoms with van der Waals surface area (Å²) in [5, 5.41) is 18.4. The van der Waals surface area contributed by atoms with Gasteiger partial charge in [0.2, 0.25) is 0 Å². The SMILES string of the molecule is CSSC(C)(C)CN(C)CCOc1cc(CO)cc(CO)c1. The van der Waals surface area contributed by atoms with Gasteiger partial charge in [-0.05, 0) is 50.4 Å². The number of likely N-dealkylation sites (N-methyl/N-ethyl adjacent to an activating group) is 1. The largest absolute Gasteiger partial charge is 0.492 e. The van der Waals surface area contributed by atoms with Crippen molar-refractivity contribution in [1.29, 1.82) is 0 Å². The topological polar surface area (TPSA) is 52.9 Å². The molecule has 0 saturated carbocycles. The zero-order valence-corrected chi connectivity index (χ0v) is 15.5. The lowest BCUT2D eigenvalue weighted by Crippen LogP contribution is -2.35. The van der Waals surface area contributed by atoms with Crippen LogP contribution >= 0.6 is 21.6 Å². The third-order valence-corrected chi connectivity index (χ3v) is 5.69. The minimum atomic E-state index is -0.0514. The Morgan fingerprint density at radius 3 is 2.23 bits per heavy atom. The van der Waals surface area contributed by atoms with Gasteiger partial charge in [0.05, 0.1) is 13.2 Å². The lowest BCUT2D eigenvalue weighted by Gasteiger charge is -2.28. The molecule has 126 valence electrons. The van der Waals surface area contributed by atoms with E-state index in [1.54, 1.807) is 16.9 Å². The Morgan fingerprint density at radius 1 is 1.14 bits per heavy atom. The van der Waals surface area contributed by atoms with E-state index in [2.05, 4.69) is 32.1 Å².